The van der Waals surface area contributed by atoms with Crippen LogP contribution in [0.2, 0.25) is 0 Å². The van der Waals surface area contributed by atoms with E-state index < -0.39 is 0 Å². The third-order valence-corrected chi connectivity index (χ3v) is 4.46. The molecular weight excluding hydrogens is 429 g/mol. The molecule has 1 aliphatic rings. The van der Waals surface area contributed by atoms with E-state index in [1.165, 1.54) is 11.1 Å². The van der Waals surface area contributed by atoms with E-state index in [1.54, 1.807) is 6.26 Å². The number of benzene rings is 1. The summed E-state index contributed by atoms with van der Waals surface area (Å²) in [6.07, 6.45) is 1.63. The van der Waals surface area contributed by atoms with Gasteiger partial charge in [-0.1, -0.05) is 29.4 Å². The molecule has 3 rings (SSSR count). The molecule has 0 atom stereocenters. The van der Waals surface area contributed by atoms with Gasteiger partial charge in [0.1, 0.15) is 6.26 Å². The molecule has 25 heavy (non-hydrogen) atoms. The van der Waals surface area contributed by atoms with E-state index in [9.17, 15) is 0 Å². The van der Waals surface area contributed by atoms with Crippen molar-refractivity contribution >= 4 is 29.9 Å². The second-order valence-corrected chi connectivity index (χ2v) is 6.08. The third kappa shape index (κ3) is 5.43. The Morgan fingerprint density at radius 2 is 1.96 bits per heavy atom. The minimum Gasteiger partial charge on any atom is -0.364 e. The number of nitrogens with zero attached hydrogens (tertiary/aromatic N) is 4. The van der Waals surface area contributed by atoms with Crippen LogP contribution in [-0.2, 0) is 13.1 Å². The zero-order valence-electron chi connectivity index (χ0n) is 14.8. The predicted molar refractivity (Wildman–Crippen MR) is 110 cm³/mol. The maximum absolute atomic E-state index is 4.90. The van der Waals surface area contributed by atoms with E-state index in [2.05, 4.69) is 56.5 Å². The van der Waals surface area contributed by atoms with Crippen LogP contribution in [0.15, 0.2) is 46.1 Å². The van der Waals surface area contributed by atoms with E-state index in [0.29, 0.717) is 0 Å². The molecule has 1 N–H and O–H groups in total. The highest BCUT2D eigenvalue weighted by Crippen LogP contribution is 2.09. The quantitative estimate of drug-likeness (QED) is 0.436. The molecule has 0 spiro atoms. The zero-order chi connectivity index (χ0) is 16.8. The number of hydrogen-bond acceptors (Lipinski definition) is 4. The van der Waals surface area contributed by atoms with Gasteiger partial charge in [0.2, 0.25) is 0 Å². The number of rotatable bonds is 4. The Kier molecular flexibility index (Phi) is 7.70. The number of aliphatic imine (C=N–C) groups is 1. The van der Waals surface area contributed by atoms with Crippen molar-refractivity contribution in [3.63, 3.8) is 0 Å². The second-order valence-electron chi connectivity index (χ2n) is 6.08. The fourth-order valence-corrected chi connectivity index (χ4v) is 2.98. The van der Waals surface area contributed by atoms with Crippen molar-refractivity contribution < 1.29 is 4.52 Å². The fourth-order valence-electron chi connectivity index (χ4n) is 2.98. The minimum atomic E-state index is 0. The summed E-state index contributed by atoms with van der Waals surface area (Å²) >= 11 is 0. The second kappa shape index (κ2) is 9.76. The minimum absolute atomic E-state index is 0. The number of halogens is 1. The first kappa shape index (κ1) is 19.7. The maximum atomic E-state index is 4.90. The molecule has 1 aliphatic heterocycles. The lowest BCUT2D eigenvalue weighted by Gasteiger charge is -2.36. The van der Waals surface area contributed by atoms with Crippen LogP contribution in [0.5, 0.6) is 0 Å². The van der Waals surface area contributed by atoms with Gasteiger partial charge in [0, 0.05) is 52.4 Å². The van der Waals surface area contributed by atoms with Crippen LogP contribution in [0.1, 0.15) is 16.8 Å². The molecule has 1 fully saturated rings. The highest BCUT2D eigenvalue weighted by molar-refractivity contribution is 14.0. The van der Waals surface area contributed by atoms with E-state index in [0.717, 1.165) is 50.9 Å². The SMILES string of the molecule is CN=C(NCc1ccccc1C)N1CCN(Cc2ccon2)CC1.I. The standard InChI is InChI=1S/C18H25N5O.HI/c1-15-5-3-4-6-16(15)13-20-18(19-2)23-10-8-22(9-11-23)14-17-7-12-24-21-17;/h3-7,12H,8-11,13-14H2,1-2H3,(H,19,20);1H. The number of piperazine rings is 1. The summed E-state index contributed by atoms with van der Waals surface area (Å²) < 4.78 is 4.90. The summed E-state index contributed by atoms with van der Waals surface area (Å²) in [4.78, 5) is 9.15. The van der Waals surface area contributed by atoms with Crippen molar-refractivity contribution in [2.24, 2.45) is 4.99 Å². The molecule has 2 heterocycles. The third-order valence-electron chi connectivity index (χ3n) is 4.46. The topological polar surface area (TPSA) is 56.9 Å². The van der Waals surface area contributed by atoms with Crippen LogP contribution in [0.3, 0.4) is 0 Å². The zero-order valence-corrected chi connectivity index (χ0v) is 17.1. The van der Waals surface area contributed by atoms with Gasteiger partial charge in [-0.25, -0.2) is 0 Å². The number of hydrogen-bond donors (Lipinski definition) is 1. The van der Waals surface area contributed by atoms with Gasteiger partial charge in [0.05, 0.1) is 5.69 Å². The average Bonchev–Trinajstić information content (AvgIpc) is 3.11. The monoisotopic (exact) mass is 455 g/mol. The Balaban J connectivity index is 0.00000225. The lowest BCUT2D eigenvalue weighted by molar-refractivity contribution is 0.169. The average molecular weight is 455 g/mol. The molecule has 136 valence electrons. The highest BCUT2D eigenvalue weighted by atomic mass is 127. The highest BCUT2D eigenvalue weighted by Gasteiger charge is 2.20. The molecule has 7 heteroatoms. The van der Waals surface area contributed by atoms with E-state index in [1.807, 2.05) is 13.1 Å². The van der Waals surface area contributed by atoms with Crippen LogP contribution < -0.4 is 5.32 Å². The van der Waals surface area contributed by atoms with E-state index in [-0.39, 0.29) is 24.0 Å². The molecular formula is C18H26IN5O. The summed E-state index contributed by atoms with van der Waals surface area (Å²) in [6.45, 7) is 7.72. The van der Waals surface area contributed by atoms with Gasteiger partial charge in [-0.05, 0) is 18.1 Å². The molecule has 1 aromatic heterocycles. The summed E-state index contributed by atoms with van der Waals surface area (Å²) in [7, 11) is 1.85. The molecule has 0 unspecified atom stereocenters. The predicted octanol–water partition coefficient (Wildman–Crippen LogP) is 2.49. The Labute approximate surface area is 166 Å². The van der Waals surface area contributed by atoms with Gasteiger partial charge in [-0.2, -0.15) is 0 Å². The summed E-state index contributed by atoms with van der Waals surface area (Å²) in [5, 5.41) is 7.47. The van der Waals surface area contributed by atoms with Crippen molar-refractivity contribution in [2.45, 2.75) is 20.0 Å². The maximum Gasteiger partial charge on any atom is 0.194 e. The number of aryl methyl sites for hydroxylation is 1. The molecule has 0 aliphatic carbocycles. The first-order chi connectivity index (χ1) is 11.8. The Hall–Kier alpha value is -1.61. The van der Waals surface area contributed by atoms with Crippen LogP contribution >= 0.6 is 24.0 Å². The van der Waals surface area contributed by atoms with Gasteiger partial charge >= 0.3 is 0 Å². The van der Waals surface area contributed by atoms with Gasteiger partial charge in [0.25, 0.3) is 0 Å². The van der Waals surface area contributed by atoms with Crippen LogP contribution in [0, 0.1) is 6.92 Å². The van der Waals surface area contributed by atoms with Crippen molar-refractivity contribution in [2.75, 3.05) is 33.2 Å². The van der Waals surface area contributed by atoms with Crippen LogP contribution in [-0.4, -0.2) is 54.1 Å². The molecule has 1 saturated heterocycles. The number of guanidine groups is 1. The van der Waals surface area contributed by atoms with Gasteiger partial charge in [-0.15, -0.1) is 24.0 Å². The van der Waals surface area contributed by atoms with E-state index in [4.69, 9.17) is 4.52 Å². The van der Waals surface area contributed by atoms with Gasteiger partial charge in [0.15, 0.2) is 5.96 Å². The summed E-state index contributed by atoms with van der Waals surface area (Å²) in [5.41, 5.74) is 3.60. The summed E-state index contributed by atoms with van der Waals surface area (Å²) in [5.74, 6) is 0.972. The Bertz CT molecular complexity index is 666. The van der Waals surface area contributed by atoms with E-state index >= 15 is 0 Å². The Morgan fingerprint density at radius 1 is 1.20 bits per heavy atom. The summed E-state index contributed by atoms with van der Waals surface area (Å²) in [6, 6.07) is 10.4. The smallest absolute Gasteiger partial charge is 0.194 e. The largest absolute Gasteiger partial charge is 0.364 e. The van der Waals surface area contributed by atoms with Crippen LogP contribution in [0.4, 0.5) is 0 Å². The first-order valence-corrected chi connectivity index (χ1v) is 8.38. The molecule has 0 amide bonds. The fraction of sp³-hybridized carbons (Fsp3) is 0.444. The molecule has 1 aromatic carbocycles. The normalized spacial score (nSPS) is 15.8. The molecule has 0 bridgehead atoms. The van der Waals surface area contributed by atoms with Crippen molar-refractivity contribution in [3.05, 3.63) is 53.4 Å². The first-order valence-electron chi connectivity index (χ1n) is 8.38. The van der Waals surface area contributed by atoms with Crippen molar-refractivity contribution in [3.8, 4) is 0 Å². The van der Waals surface area contributed by atoms with Crippen molar-refractivity contribution in [1.29, 1.82) is 0 Å². The van der Waals surface area contributed by atoms with Crippen LogP contribution in [0.25, 0.3) is 0 Å². The molecule has 0 saturated carbocycles. The number of nitrogens with one attached hydrogen (secondary N) is 1. The lowest BCUT2D eigenvalue weighted by Crippen LogP contribution is -2.52. The lowest BCUT2D eigenvalue weighted by atomic mass is 10.1. The number of aromatic nitrogens is 1. The molecule has 6 nitrogen and oxygen atoms in total. The molecule has 0 radical (unpaired) electrons. The van der Waals surface area contributed by atoms with Crippen molar-refractivity contribution in [1.82, 2.24) is 20.3 Å². The Morgan fingerprint density at radius 3 is 2.60 bits per heavy atom. The van der Waals surface area contributed by atoms with Gasteiger partial charge < -0.3 is 14.7 Å². The van der Waals surface area contributed by atoms with Gasteiger partial charge in [-0.3, -0.25) is 9.89 Å². The molecule has 2 aromatic rings.